The number of aliphatic hydroxyl groups is 1. The van der Waals surface area contributed by atoms with Gasteiger partial charge in [0.2, 0.25) is 6.41 Å². The summed E-state index contributed by atoms with van der Waals surface area (Å²) in [5, 5.41) is 11.4. The highest BCUT2D eigenvalue weighted by molar-refractivity contribution is 7.32. The molecule has 3 unspecified atom stereocenters. The van der Waals surface area contributed by atoms with Crippen LogP contribution in [0.15, 0.2) is 48.5 Å². The number of nitrogens with zero attached hydrogens (tertiary/aromatic N) is 2. The van der Waals surface area contributed by atoms with E-state index in [0.29, 0.717) is 12.1 Å². The summed E-state index contributed by atoms with van der Waals surface area (Å²) >= 11 is 0. The van der Waals surface area contributed by atoms with E-state index < -0.39 is 20.5 Å². The topological polar surface area (TPSA) is 100.0 Å². The first-order valence-electron chi connectivity index (χ1n) is 8.08. The monoisotopic (exact) mass is 374 g/mol. The number of aromatic nitrogens is 1. The fraction of sp³-hybridized carbons (Fsp3) is 0.222. The third kappa shape index (κ3) is 3.76. The maximum atomic E-state index is 11.9. The zero-order valence-corrected chi connectivity index (χ0v) is 15.1. The van der Waals surface area contributed by atoms with Crippen molar-refractivity contribution in [2.24, 2.45) is 0 Å². The number of hydrogen-bond donors (Lipinski definition) is 2. The number of benzene rings is 2. The van der Waals surface area contributed by atoms with Crippen molar-refractivity contribution in [1.82, 2.24) is 4.98 Å². The fourth-order valence-corrected chi connectivity index (χ4v) is 3.46. The molecule has 7 nitrogen and oxygen atoms in total. The van der Waals surface area contributed by atoms with Crippen LogP contribution in [-0.4, -0.2) is 40.1 Å². The Labute approximate surface area is 150 Å². The Morgan fingerprint density at radius 2 is 1.69 bits per heavy atom. The SMILES string of the molecule is CC(O)C(CN(C=O)c1c2ccccc2nc2ccccc12)O[PH](=O)O. The normalized spacial score (nSPS) is 14.9. The van der Waals surface area contributed by atoms with Gasteiger partial charge >= 0.3 is 8.25 Å². The molecule has 8 heteroatoms. The number of anilines is 1. The first kappa shape index (κ1) is 18.5. The number of fused-ring (bicyclic) bond motifs is 2. The van der Waals surface area contributed by atoms with Gasteiger partial charge in [-0.3, -0.25) is 9.36 Å². The lowest BCUT2D eigenvalue weighted by atomic mass is 10.1. The quantitative estimate of drug-likeness (QED) is 0.374. The predicted molar refractivity (Wildman–Crippen MR) is 100 cm³/mol. The average Bonchev–Trinajstić information content (AvgIpc) is 2.63. The molecule has 0 aliphatic heterocycles. The standard InChI is InChI=1S/C18H19N2O5P/c1-12(22)17(25-26(23)24)10-20(11-21)18-13-6-2-4-8-15(13)19-16-9-5-3-7-14(16)18/h2-9,11-12,17,22,26H,10H2,1H3,(H,23,24). The summed E-state index contributed by atoms with van der Waals surface area (Å²) in [6, 6.07) is 14.8. The number of carbonyl (C=O) groups is 1. The number of pyridine rings is 1. The molecule has 26 heavy (non-hydrogen) atoms. The molecule has 136 valence electrons. The van der Waals surface area contributed by atoms with Crippen LogP contribution in [0.3, 0.4) is 0 Å². The number of rotatable bonds is 7. The summed E-state index contributed by atoms with van der Waals surface area (Å²) in [5.74, 6) is 0. The Kier molecular flexibility index (Phi) is 5.64. The van der Waals surface area contributed by atoms with Gasteiger partial charge in [0.1, 0.15) is 6.10 Å². The van der Waals surface area contributed by atoms with Crippen LogP contribution in [0.25, 0.3) is 21.8 Å². The van der Waals surface area contributed by atoms with Gasteiger partial charge in [-0.15, -0.1) is 0 Å². The Morgan fingerprint density at radius 1 is 1.15 bits per heavy atom. The molecule has 3 rings (SSSR count). The molecule has 3 atom stereocenters. The van der Waals surface area contributed by atoms with Crippen molar-refractivity contribution in [1.29, 1.82) is 0 Å². The largest absolute Gasteiger partial charge is 0.391 e. The van der Waals surface area contributed by atoms with Gasteiger partial charge in [-0.25, -0.2) is 4.98 Å². The van der Waals surface area contributed by atoms with E-state index in [4.69, 9.17) is 9.42 Å². The molecular formula is C18H19N2O5P. The molecule has 0 saturated carbocycles. The molecule has 0 fully saturated rings. The molecule has 0 aliphatic rings. The third-order valence-corrected chi connectivity index (χ3v) is 4.64. The summed E-state index contributed by atoms with van der Waals surface area (Å²) in [5.41, 5.74) is 2.06. The van der Waals surface area contributed by atoms with E-state index in [1.165, 1.54) is 11.8 Å². The molecule has 1 aromatic heterocycles. The van der Waals surface area contributed by atoms with Crippen LogP contribution in [0.2, 0.25) is 0 Å². The van der Waals surface area contributed by atoms with E-state index in [0.717, 1.165) is 21.8 Å². The number of aliphatic hydroxyl groups excluding tert-OH is 1. The minimum atomic E-state index is -3.26. The first-order chi connectivity index (χ1) is 12.5. The van der Waals surface area contributed by atoms with Crippen molar-refractivity contribution in [3.8, 4) is 0 Å². The highest BCUT2D eigenvalue weighted by Crippen LogP contribution is 2.34. The summed E-state index contributed by atoms with van der Waals surface area (Å²) in [7, 11) is -3.26. The second kappa shape index (κ2) is 7.93. The number of carbonyl (C=O) groups excluding carboxylic acids is 1. The van der Waals surface area contributed by atoms with Crippen molar-refractivity contribution >= 4 is 42.2 Å². The van der Waals surface area contributed by atoms with Crippen LogP contribution < -0.4 is 4.90 Å². The van der Waals surface area contributed by atoms with Crippen LogP contribution in [0, 0.1) is 0 Å². The van der Waals surface area contributed by atoms with Crippen molar-refractivity contribution < 1.29 is 23.9 Å². The summed E-state index contributed by atoms with van der Waals surface area (Å²) in [6.45, 7) is 1.37. The van der Waals surface area contributed by atoms with E-state index in [1.807, 2.05) is 48.5 Å². The van der Waals surface area contributed by atoms with E-state index in [2.05, 4.69) is 4.98 Å². The Bertz CT molecular complexity index is 909. The van der Waals surface area contributed by atoms with Crippen LogP contribution >= 0.6 is 8.25 Å². The van der Waals surface area contributed by atoms with Gasteiger partial charge in [0.05, 0.1) is 29.4 Å². The van der Waals surface area contributed by atoms with Gasteiger partial charge in [0.15, 0.2) is 0 Å². The van der Waals surface area contributed by atoms with Gasteiger partial charge in [0.25, 0.3) is 0 Å². The van der Waals surface area contributed by atoms with E-state index in [9.17, 15) is 14.5 Å². The zero-order valence-electron chi connectivity index (χ0n) is 14.1. The summed E-state index contributed by atoms with van der Waals surface area (Å²) < 4.78 is 16.0. The maximum absolute atomic E-state index is 11.9. The lowest BCUT2D eigenvalue weighted by Gasteiger charge is -2.27. The molecule has 3 aromatic rings. The zero-order chi connectivity index (χ0) is 18.7. The summed E-state index contributed by atoms with van der Waals surface area (Å²) in [4.78, 5) is 26.9. The fourth-order valence-electron chi connectivity index (χ4n) is 2.93. The van der Waals surface area contributed by atoms with E-state index in [-0.39, 0.29) is 6.54 Å². The number of para-hydroxylation sites is 2. The van der Waals surface area contributed by atoms with Crippen LogP contribution in [0.5, 0.6) is 0 Å². The average molecular weight is 374 g/mol. The minimum absolute atomic E-state index is 0.0733. The van der Waals surface area contributed by atoms with Gasteiger partial charge in [-0.05, 0) is 19.1 Å². The summed E-state index contributed by atoms with van der Waals surface area (Å²) in [6.07, 6.45) is -1.40. The highest BCUT2D eigenvalue weighted by Gasteiger charge is 2.24. The maximum Gasteiger partial charge on any atom is 0.317 e. The van der Waals surface area contributed by atoms with Crippen molar-refractivity contribution in [2.45, 2.75) is 19.1 Å². The second-order valence-corrected chi connectivity index (χ2v) is 6.68. The molecule has 2 N–H and O–H groups in total. The molecular weight excluding hydrogens is 355 g/mol. The second-order valence-electron chi connectivity index (χ2n) is 5.92. The van der Waals surface area contributed by atoms with Gasteiger partial charge in [-0.1, -0.05) is 36.4 Å². The van der Waals surface area contributed by atoms with Crippen molar-refractivity contribution in [2.75, 3.05) is 11.4 Å². The Hall–Kier alpha value is -2.31. The van der Waals surface area contributed by atoms with E-state index in [1.54, 1.807) is 0 Å². The molecule has 0 spiro atoms. The Morgan fingerprint density at radius 3 is 2.15 bits per heavy atom. The predicted octanol–water partition coefficient (Wildman–Crippen LogP) is 2.50. The molecule has 0 aliphatic carbocycles. The minimum Gasteiger partial charge on any atom is -0.391 e. The molecule has 1 amide bonds. The van der Waals surface area contributed by atoms with Crippen molar-refractivity contribution in [3.63, 3.8) is 0 Å². The lowest BCUT2D eigenvalue weighted by molar-refractivity contribution is -0.107. The van der Waals surface area contributed by atoms with Crippen LogP contribution in [-0.2, 0) is 13.9 Å². The molecule has 0 bridgehead atoms. The Balaban J connectivity index is 2.16. The molecule has 0 radical (unpaired) electrons. The van der Waals surface area contributed by atoms with Crippen LogP contribution in [0.1, 0.15) is 6.92 Å². The van der Waals surface area contributed by atoms with Gasteiger partial charge < -0.3 is 19.4 Å². The van der Waals surface area contributed by atoms with E-state index >= 15 is 0 Å². The first-order valence-corrected chi connectivity index (χ1v) is 9.34. The lowest BCUT2D eigenvalue weighted by Crippen LogP contribution is -2.38. The molecule has 2 aromatic carbocycles. The van der Waals surface area contributed by atoms with Crippen LogP contribution in [0.4, 0.5) is 5.69 Å². The smallest absolute Gasteiger partial charge is 0.317 e. The van der Waals surface area contributed by atoms with Gasteiger partial charge in [0, 0.05) is 10.8 Å². The number of hydrogen-bond acceptors (Lipinski definition) is 5. The highest BCUT2D eigenvalue weighted by atomic mass is 31.1. The number of amides is 1. The van der Waals surface area contributed by atoms with Gasteiger partial charge in [-0.2, -0.15) is 0 Å². The molecule has 1 heterocycles. The third-order valence-electron chi connectivity index (χ3n) is 4.14. The van der Waals surface area contributed by atoms with Crippen molar-refractivity contribution in [3.05, 3.63) is 48.5 Å². The molecule has 0 saturated heterocycles.